The molecule has 0 unspecified atom stereocenters. The number of carbonyl (C=O) groups is 2. The molecule has 0 aliphatic rings. The van der Waals surface area contributed by atoms with Crippen LogP contribution in [0.15, 0.2) is 48.8 Å². The van der Waals surface area contributed by atoms with Crippen LogP contribution < -0.4 is 11.1 Å². The number of urea groups is 1. The molecule has 0 bridgehead atoms. The molecule has 2 heterocycles. The summed E-state index contributed by atoms with van der Waals surface area (Å²) in [5.41, 5.74) is 8.38. The molecule has 2 amide bonds. The normalized spacial score (nSPS) is 10.6. The highest BCUT2D eigenvalue weighted by Gasteiger charge is 2.14. The molecular weight excluding hydrogens is 318 g/mol. The second kappa shape index (κ2) is 6.64. The van der Waals surface area contributed by atoms with E-state index in [9.17, 15) is 9.59 Å². The SMILES string of the molecule is CN(C)C(=O)NCc1cc(C(=O)n2cc(N)c3ccccc32)ccn1. The van der Waals surface area contributed by atoms with Gasteiger partial charge in [-0.2, -0.15) is 0 Å². The van der Waals surface area contributed by atoms with Crippen molar-refractivity contribution in [2.45, 2.75) is 6.54 Å². The Morgan fingerprint density at radius 2 is 2.00 bits per heavy atom. The molecular formula is C18H19N5O2. The third-order valence-corrected chi connectivity index (χ3v) is 3.85. The second-order valence-corrected chi connectivity index (χ2v) is 5.87. The van der Waals surface area contributed by atoms with Gasteiger partial charge < -0.3 is 16.0 Å². The smallest absolute Gasteiger partial charge is 0.317 e. The first kappa shape index (κ1) is 16.5. The van der Waals surface area contributed by atoms with Gasteiger partial charge >= 0.3 is 6.03 Å². The topological polar surface area (TPSA) is 93.2 Å². The van der Waals surface area contributed by atoms with Gasteiger partial charge in [-0.05, 0) is 18.2 Å². The van der Waals surface area contributed by atoms with Crippen LogP contribution in [0.4, 0.5) is 10.5 Å². The Morgan fingerprint density at radius 1 is 1.24 bits per heavy atom. The first-order valence-electron chi connectivity index (χ1n) is 7.77. The van der Waals surface area contributed by atoms with Crippen LogP contribution in [0.25, 0.3) is 10.9 Å². The van der Waals surface area contributed by atoms with Crippen LogP contribution in [0.2, 0.25) is 0 Å². The lowest BCUT2D eigenvalue weighted by molar-refractivity contribution is 0.0965. The van der Waals surface area contributed by atoms with Crippen molar-refractivity contribution in [3.63, 3.8) is 0 Å². The first-order chi connectivity index (χ1) is 12.0. The van der Waals surface area contributed by atoms with E-state index in [0.717, 1.165) is 10.9 Å². The van der Waals surface area contributed by atoms with Crippen LogP contribution in [0, 0.1) is 0 Å². The molecule has 25 heavy (non-hydrogen) atoms. The lowest BCUT2D eigenvalue weighted by Gasteiger charge is -2.12. The van der Waals surface area contributed by atoms with Gasteiger partial charge in [0.2, 0.25) is 0 Å². The molecule has 0 atom stereocenters. The molecule has 0 fully saturated rings. The summed E-state index contributed by atoms with van der Waals surface area (Å²) in [5, 5.41) is 3.56. The molecule has 7 heteroatoms. The molecule has 0 spiro atoms. The first-order valence-corrected chi connectivity index (χ1v) is 7.77. The highest BCUT2D eigenvalue weighted by Crippen LogP contribution is 2.24. The van der Waals surface area contributed by atoms with Crippen molar-refractivity contribution in [1.82, 2.24) is 19.8 Å². The van der Waals surface area contributed by atoms with Gasteiger partial charge in [0.05, 0.1) is 23.4 Å². The van der Waals surface area contributed by atoms with Gasteiger partial charge in [0, 0.05) is 37.4 Å². The zero-order chi connectivity index (χ0) is 18.0. The number of benzene rings is 1. The fourth-order valence-corrected chi connectivity index (χ4v) is 2.55. The highest BCUT2D eigenvalue weighted by molar-refractivity contribution is 6.05. The van der Waals surface area contributed by atoms with E-state index >= 15 is 0 Å². The number of rotatable bonds is 3. The van der Waals surface area contributed by atoms with E-state index in [4.69, 9.17) is 5.73 Å². The van der Waals surface area contributed by atoms with Crippen LogP contribution in [-0.4, -0.2) is 40.5 Å². The van der Waals surface area contributed by atoms with E-state index in [-0.39, 0.29) is 18.5 Å². The van der Waals surface area contributed by atoms with Crippen molar-refractivity contribution >= 4 is 28.5 Å². The summed E-state index contributed by atoms with van der Waals surface area (Å²) < 4.78 is 1.53. The van der Waals surface area contributed by atoms with E-state index in [1.54, 1.807) is 38.6 Å². The fraction of sp³-hybridized carbons (Fsp3) is 0.167. The molecule has 0 saturated carbocycles. The summed E-state index contributed by atoms with van der Waals surface area (Å²) in [4.78, 5) is 30.1. The van der Waals surface area contributed by atoms with Crippen molar-refractivity contribution in [2.75, 3.05) is 19.8 Å². The highest BCUT2D eigenvalue weighted by atomic mass is 16.2. The maximum Gasteiger partial charge on any atom is 0.317 e. The number of anilines is 1. The number of para-hydroxylation sites is 1. The lowest BCUT2D eigenvalue weighted by atomic mass is 10.2. The zero-order valence-electron chi connectivity index (χ0n) is 14.1. The molecule has 7 nitrogen and oxygen atoms in total. The Balaban J connectivity index is 1.87. The van der Waals surface area contributed by atoms with E-state index in [1.165, 1.54) is 9.47 Å². The molecule has 0 aliphatic carbocycles. The molecule has 3 rings (SSSR count). The van der Waals surface area contributed by atoms with Crippen LogP contribution >= 0.6 is 0 Å². The molecule has 2 aromatic heterocycles. The molecule has 0 radical (unpaired) electrons. The third kappa shape index (κ3) is 3.30. The van der Waals surface area contributed by atoms with Gasteiger partial charge in [-0.15, -0.1) is 0 Å². The van der Waals surface area contributed by atoms with Gasteiger partial charge in [-0.25, -0.2) is 4.79 Å². The average Bonchev–Trinajstić information content (AvgIpc) is 2.96. The Morgan fingerprint density at radius 3 is 2.76 bits per heavy atom. The quantitative estimate of drug-likeness (QED) is 0.765. The number of fused-ring (bicyclic) bond motifs is 1. The van der Waals surface area contributed by atoms with E-state index in [0.29, 0.717) is 16.9 Å². The van der Waals surface area contributed by atoms with Gasteiger partial charge in [0.25, 0.3) is 5.91 Å². The number of carbonyl (C=O) groups excluding carboxylic acids is 2. The molecule has 3 N–H and O–H groups in total. The van der Waals surface area contributed by atoms with Crippen LogP contribution in [0.5, 0.6) is 0 Å². The number of hydrogen-bond donors (Lipinski definition) is 2. The predicted molar refractivity (Wildman–Crippen MR) is 96.2 cm³/mol. The van der Waals surface area contributed by atoms with Crippen LogP contribution in [0.1, 0.15) is 16.1 Å². The summed E-state index contributed by atoms with van der Waals surface area (Å²) in [7, 11) is 3.31. The number of nitrogens with zero attached hydrogens (tertiary/aromatic N) is 3. The molecule has 0 aliphatic heterocycles. The van der Waals surface area contributed by atoms with Crippen molar-refractivity contribution < 1.29 is 9.59 Å². The largest absolute Gasteiger partial charge is 0.397 e. The monoisotopic (exact) mass is 337 g/mol. The second-order valence-electron chi connectivity index (χ2n) is 5.87. The van der Waals surface area contributed by atoms with Crippen molar-refractivity contribution in [1.29, 1.82) is 0 Å². The summed E-state index contributed by atoms with van der Waals surface area (Å²) in [5.74, 6) is -0.199. The number of pyridine rings is 1. The minimum Gasteiger partial charge on any atom is -0.397 e. The van der Waals surface area contributed by atoms with Crippen molar-refractivity contribution in [3.8, 4) is 0 Å². The van der Waals surface area contributed by atoms with Gasteiger partial charge in [0.1, 0.15) is 0 Å². The predicted octanol–water partition coefficient (Wildman–Crippen LogP) is 2.08. The Hall–Kier alpha value is -3.35. The van der Waals surface area contributed by atoms with E-state index in [1.807, 2.05) is 24.3 Å². The van der Waals surface area contributed by atoms with Gasteiger partial charge in [-0.3, -0.25) is 14.3 Å². The van der Waals surface area contributed by atoms with E-state index < -0.39 is 0 Å². The van der Waals surface area contributed by atoms with Crippen LogP contribution in [0.3, 0.4) is 0 Å². The summed E-state index contributed by atoms with van der Waals surface area (Å²) in [6.45, 7) is 0.243. The molecule has 128 valence electrons. The standard InChI is InChI=1S/C18H19N5O2/c1-22(2)18(25)21-10-13-9-12(7-8-20-13)17(24)23-11-15(19)14-5-3-4-6-16(14)23/h3-9,11H,10,19H2,1-2H3,(H,21,25). The number of aromatic nitrogens is 2. The minimum absolute atomic E-state index is 0.199. The fourth-order valence-electron chi connectivity index (χ4n) is 2.55. The number of nitrogens with one attached hydrogen (secondary N) is 1. The zero-order valence-corrected chi connectivity index (χ0v) is 14.1. The maximum atomic E-state index is 12.9. The lowest BCUT2D eigenvalue weighted by Crippen LogP contribution is -2.34. The average molecular weight is 337 g/mol. The summed E-state index contributed by atoms with van der Waals surface area (Å²) in [6.07, 6.45) is 3.18. The van der Waals surface area contributed by atoms with Crippen molar-refractivity contribution in [3.05, 3.63) is 60.0 Å². The summed E-state index contributed by atoms with van der Waals surface area (Å²) in [6, 6.07) is 10.6. The number of nitrogens with two attached hydrogens (primary N) is 1. The number of amides is 2. The van der Waals surface area contributed by atoms with Gasteiger partial charge in [0.15, 0.2) is 0 Å². The number of nitrogen functional groups attached to an aromatic ring is 1. The molecule has 1 aromatic carbocycles. The Labute approximate surface area is 145 Å². The third-order valence-electron chi connectivity index (χ3n) is 3.85. The van der Waals surface area contributed by atoms with Crippen LogP contribution in [-0.2, 0) is 6.54 Å². The van der Waals surface area contributed by atoms with E-state index in [2.05, 4.69) is 10.3 Å². The Bertz CT molecular complexity index is 946. The number of hydrogen-bond acceptors (Lipinski definition) is 4. The Kier molecular flexibility index (Phi) is 4.38. The molecule has 3 aromatic rings. The van der Waals surface area contributed by atoms with Crippen molar-refractivity contribution in [2.24, 2.45) is 0 Å². The van der Waals surface area contributed by atoms with Gasteiger partial charge in [-0.1, -0.05) is 18.2 Å². The molecule has 0 saturated heterocycles. The maximum absolute atomic E-state index is 12.9. The summed E-state index contributed by atoms with van der Waals surface area (Å²) >= 11 is 0. The minimum atomic E-state index is -0.220.